The van der Waals surface area contributed by atoms with Crippen molar-refractivity contribution in [2.75, 3.05) is 38.7 Å². The van der Waals surface area contributed by atoms with Gasteiger partial charge in [-0.25, -0.2) is 4.68 Å². The summed E-state index contributed by atoms with van der Waals surface area (Å²) in [6, 6.07) is 4.37. The number of nitrogens with one attached hydrogen (secondary N) is 1. The zero-order chi connectivity index (χ0) is 20.7. The number of hydrogen-bond acceptors (Lipinski definition) is 5. The Morgan fingerprint density at radius 2 is 1.93 bits per heavy atom. The molecule has 0 aliphatic heterocycles. The molecule has 0 aliphatic rings. The van der Waals surface area contributed by atoms with Gasteiger partial charge in [0, 0.05) is 20.1 Å². The van der Waals surface area contributed by atoms with Gasteiger partial charge in [0.05, 0.1) is 42.5 Å². The molecule has 0 radical (unpaired) electrons. The molecule has 0 fully saturated rings. The summed E-state index contributed by atoms with van der Waals surface area (Å²) in [4.78, 5) is 25.2. The average Bonchev–Trinajstić information content (AvgIpc) is 3.12. The van der Waals surface area contributed by atoms with Gasteiger partial charge < -0.3 is 20.7 Å². The zero-order valence-corrected chi connectivity index (χ0v) is 15.1. The minimum Gasteiger partial charge on any atom is -0.378 e. The van der Waals surface area contributed by atoms with Crippen LogP contribution in [0.4, 0.5) is 18.9 Å². The molecule has 28 heavy (non-hydrogen) atoms. The Bertz CT molecular complexity index is 805. The number of halogens is 3. The van der Waals surface area contributed by atoms with Crippen LogP contribution in [0.1, 0.15) is 5.56 Å². The van der Waals surface area contributed by atoms with Gasteiger partial charge in [0.25, 0.3) is 0 Å². The third kappa shape index (κ3) is 5.79. The highest BCUT2D eigenvalue weighted by molar-refractivity contribution is 6.39. The molecule has 11 heteroatoms. The number of nitrogens with zero attached hydrogens (tertiary/aromatic N) is 3. The smallest absolute Gasteiger partial charge is 0.378 e. The number of anilines is 1. The van der Waals surface area contributed by atoms with Gasteiger partial charge in [0.2, 0.25) is 0 Å². The Morgan fingerprint density at radius 1 is 1.25 bits per heavy atom. The minimum atomic E-state index is -4.43. The van der Waals surface area contributed by atoms with E-state index in [0.717, 1.165) is 12.1 Å². The Labute approximate surface area is 159 Å². The van der Waals surface area contributed by atoms with E-state index in [4.69, 9.17) is 10.5 Å². The Balaban J connectivity index is 1.94. The van der Waals surface area contributed by atoms with E-state index >= 15 is 0 Å². The fourth-order valence-corrected chi connectivity index (χ4v) is 2.18. The van der Waals surface area contributed by atoms with Gasteiger partial charge in [-0.05, 0) is 24.3 Å². The highest BCUT2D eigenvalue weighted by atomic mass is 19.4. The maximum absolute atomic E-state index is 12.6. The number of alkyl halides is 3. The molecular weight excluding hydrogens is 379 g/mol. The molecule has 0 unspecified atom stereocenters. The quantitative estimate of drug-likeness (QED) is 0.539. The summed E-state index contributed by atoms with van der Waals surface area (Å²) in [5.74, 6) is -1.63. The minimum absolute atomic E-state index is 0.219. The van der Waals surface area contributed by atoms with Gasteiger partial charge in [-0.3, -0.25) is 9.59 Å². The second kappa shape index (κ2) is 9.33. The van der Waals surface area contributed by atoms with Gasteiger partial charge in [-0.2, -0.15) is 18.3 Å². The zero-order valence-electron chi connectivity index (χ0n) is 15.1. The molecule has 0 saturated carbocycles. The molecule has 152 valence electrons. The lowest BCUT2D eigenvalue weighted by Crippen LogP contribution is -2.38. The van der Waals surface area contributed by atoms with Gasteiger partial charge in [-0.1, -0.05) is 0 Å². The molecule has 2 rings (SSSR count). The van der Waals surface area contributed by atoms with Crippen molar-refractivity contribution in [1.82, 2.24) is 14.7 Å². The third-order valence-electron chi connectivity index (χ3n) is 3.67. The lowest BCUT2D eigenvalue weighted by molar-refractivity contribution is -0.142. The molecule has 1 aromatic carbocycles. The second-order valence-electron chi connectivity index (χ2n) is 5.80. The first-order valence-corrected chi connectivity index (χ1v) is 8.29. The van der Waals surface area contributed by atoms with Crippen molar-refractivity contribution in [2.24, 2.45) is 5.73 Å². The molecule has 0 bridgehead atoms. The summed E-state index contributed by atoms with van der Waals surface area (Å²) >= 11 is 0. The summed E-state index contributed by atoms with van der Waals surface area (Å²) in [5, 5.41) is 6.37. The van der Waals surface area contributed by atoms with Crippen LogP contribution in [0.25, 0.3) is 5.69 Å². The van der Waals surface area contributed by atoms with Crippen molar-refractivity contribution in [1.29, 1.82) is 0 Å². The molecule has 8 nitrogen and oxygen atoms in total. The molecule has 1 heterocycles. The Kier molecular flexibility index (Phi) is 7.12. The Morgan fingerprint density at radius 3 is 2.54 bits per heavy atom. The predicted octanol–water partition coefficient (Wildman–Crippen LogP) is 1.26. The van der Waals surface area contributed by atoms with Crippen molar-refractivity contribution in [3.8, 4) is 5.69 Å². The summed E-state index contributed by atoms with van der Waals surface area (Å²) < 4.78 is 44.3. The second-order valence-corrected chi connectivity index (χ2v) is 5.80. The topological polar surface area (TPSA) is 102 Å². The van der Waals surface area contributed by atoms with E-state index in [1.165, 1.54) is 41.2 Å². The first-order valence-electron chi connectivity index (χ1n) is 8.29. The van der Waals surface area contributed by atoms with Crippen molar-refractivity contribution in [3.05, 3.63) is 42.2 Å². The van der Waals surface area contributed by atoms with Crippen LogP contribution in [0.2, 0.25) is 0 Å². The van der Waals surface area contributed by atoms with Crippen LogP contribution in [0, 0.1) is 0 Å². The SMILES string of the molecule is CN(CCOCCN)C(=O)C(=O)Nc1cnn(-c2ccc(C(F)(F)F)cc2)c1. The predicted molar refractivity (Wildman–Crippen MR) is 94.7 cm³/mol. The van der Waals surface area contributed by atoms with Crippen molar-refractivity contribution in [3.63, 3.8) is 0 Å². The van der Waals surface area contributed by atoms with Crippen molar-refractivity contribution in [2.45, 2.75) is 6.18 Å². The van der Waals surface area contributed by atoms with Crippen LogP contribution >= 0.6 is 0 Å². The van der Waals surface area contributed by atoms with Crippen LogP contribution in [-0.4, -0.2) is 59.8 Å². The van der Waals surface area contributed by atoms with E-state index in [-0.39, 0.29) is 18.8 Å². The number of carbonyl (C=O) groups excluding carboxylic acids is 2. The monoisotopic (exact) mass is 399 g/mol. The number of ether oxygens (including phenoxy) is 1. The first-order chi connectivity index (χ1) is 13.2. The van der Waals surface area contributed by atoms with Crippen LogP contribution in [0.15, 0.2) is 36.7 Å². The van der Waals surface area contributed by atoms with E-state index in [9.17, 15) is 22.8 Å². The summed E-state index contributed by atoms with van der Waals surface area (Å²) in [6.45, 7) is 1.19. The lowest BCUT2D eigenvalue weighted by Gasteiger charge is -2.16. The van der Waals surface area contributed by atoms with E-state index in [2.05, 4.69) is 10.4 Å². The van der Waals surface area contributed by atoms with E-state index < -0.39 is 23.6 Å². The number of amides is 2. The first kappa shape index (κ1) is 21.4. The standard InChI is InChI=1S/C17H20F3N5O3/c1-24(7-9-28-8-6-21)16(27)15(26)23-13-10-22-25(11-13)14-4-2-12(3-5-14)17(18,19)20/h2-5,10-11H,6-9,21H2,1H3,(H,23,26). The van der Waals surface area contributed by atoms with Gasteiger partial charge in [0.15, 0.2) is 0 Å². The van der Waals surface area contributed by atoms with Crippen LogP contribution < -0.4 is 11.1 Å². The fourth-order valence-electron chi connectivity index (χ4n) is 2.18. The number of carbonyl (C=O) groups is 2. The van der Waals surface area contributed by atoms with Gasteiger partial charge >= 0.3 is 18.0 Å². The molecule has 0 saturated heterocycles. The Hall–Kier alpha value is -2.92. The summed E-state index contributed by atoms with van der Waals surface area (Å²) in [7, 11) is 1.46. The third-order valence-corrected chi connectivity index (χ3v) is 3.67. The van der Waals surface area contributed by atoms with Crippen LogP contribution in [-0.2, 0) is 20.5 Å². The number of benzene rings is 1. The van der Waals surface area contributed by atoms with Crippen molar-refractivity contribution < 1.29 is 27.5 Å². The van der Waals surface area contributed by atoms with Gasteiger partial charge in [0.1, 0.15) is 0 Å². The number of nitrogens with two attached hydrogens (primary N) is 1. The molecule has 0 atom stereocenters. The molecule has 0 spiro atoms. The van der Waals surface area contributed by atoms with Crippen LogP contribution in [0.3, 0.4) is 0 Å². The molecule has 2 aromatic rings. The molecule has 1 aromatic heterocycles. The van der Waals surface area contributed by atoms with E-state index in [0.29, 0.717) is 18.8 Å². The largest absolute Gasteiger partial charge is 0.416 e. The molecule has 2 amide bonds. The number of likely N-dealkylation sites (N-methyl/N-ethyl adjacent to an activating group) is 1. The van der Waals surface area contributed by atoms with Gasteiger partial charge in [-0.15, -0.1) is 0 Å². The number of rotatable bonds is 7. The maximum Gasteiger partial charge on any atom is 0.416 e. The lowest BCUT2D eigenvalue weighted by atomic mass is 10.2. The average molecular weight is 399 g/mol. The summed E-state index contributed by atoms with van der Waals surface area (Å²) in [6.07, 6.45) is -1.76. The van der Waals surface area contributed by atoms with E-state index in [1.807, 2.05) is 0 Å². The number of aromatic nitrogens is 2. The molecular formula is C17H20F3N5O3. The highest BCUT2D eigenvalue weighted by Crippen LogP contribution is 2.29. The normalized spacial score (nSPS) is 11.3. The summed E-state index contributed by atoms with van der Waals surface area (Å²) in [5.41, 5.74) is 5.10. The fraction of sp³-hybridized carbons (Fsp3) is 0.353. The molecule has 3 N–H and O–H groups in total. The molecule has 0 aliphatic carbocycles. The van der Waals surface area contributed by atoms with Crippen molar-refractivity contribution >= 4 is 17.5 Å². The maximum atomic E-state index is 12.6. The van der Waals surface area contributed by atoms with Crippen LogP contribution in [0.5, 0.6) is 0 Å². The highest BCUT2D eigenvalue weighted by Gasteiger charge is 2.30. The number of hydrogen-bond donors (Lipinski definition) is 2. The van der Waals surface area contributed by atoms with E-state index in [1.54, 1.807) is 0 Å².